The Balaban J connectivity index is 0.000000292. The predicted molar refractivity (Wildman–Crippen MR) is 40.6 cm³/mol. The van der Waals surface area contributed by atoms with E-state index in [0.29, 0.717) is 4.47 Å². The molecule has 0 saturated heterocycles. The standard InChI is InChI=1S/C5H3BrFN.CH2O2/c6-4-1-5(7)3-8-2-4;2-1-3/h1-3H;1H,(H,2,3). The number of hydrogen-bond acceptors (Lipinski definition) is 2. The van der Waals surface area contributed by atoms with Crippen molar-refractivity contribution in [3.8, 4) is 0 Å². The molecule has 0 aromatic carbocycles. The fourth-order valence-corrected chi connectivity index (χ4v) is 0.723. The van der Waals surface area contributed by atoms with Gasteiger partial charge in [0.1, 0.15) is 5.82 Å². The number of nitrogens with zero attached hydrogens (tertiary/aromatic N) is 1. The summed E-state index contributed by atoms with van der Waals surface area (Å²) in [6, 6.07) is 1.35. The summed E-state index contributed by atoms with van der Waals surface area (Å²) in [7, 11) is 0. The van der Waals surface area contributed by atoms with Crippen LogP contribution in [0.15, 0.2) is 22.9 Å². The van der Waals surface area contributed by atoms with Crippen molar-refractivity contribution < 1.29 is 14.3 Å². The molecule has 0 fully saturated rings. The van der Waals surface area contributed by atoms with Crippen LogP contribution in [0.3, 0.4) is 0 Å². The van der Waals surface area contributed by atoms with Gasteiger partial charge in [0.15, 0.2) is 0 Å². The Morgan fingerprint density at radius 2 is 2.18 bits per heavy atom. The van der Waals surface area contributed by atoms with Crippen LogP contribution < -0.4 is 0 Å². The molecule has 1 rings (SSSR count). The molecular formula is C6H5BrFNO2. The average Bonchev–Trinajstić information content (AvgIpc) is 1.88. The molecule has 0 aliphatic carbocycles. The normalized spacial score (nSPS) is 7.82. The molecular weight excluding hydrogens is 217 g/mol. The van der Waals surface area contributed by atoms with Crippen molar-refractivity contribution in [1.29, 1.82) is 0 Å². The van der Waals surface area contributed by atoms with E-state index in [4.69, 9.17) is 9.90 Å². The molecule has 0 bridgehead atoms. The van der Waals surface area contributed by atoms with E-state index in [2.05, 4.69) is 20.9 Å². The Labute approximate surface area is 71.0 Å². The van der Waals surface area contributed by atoms with Crippen LogP contribution in [0.25, 0.3) is 0 Å². The lowest BCUT2D eigenvalue weighted by atomic mass is 10.5. The van der Waals surface area contributed by atoms with Crippen LogP contribution in [0.1, 0.15) is 0 Å². The molecule has 5 heteroatoms. The highest BCUT2D eigenvalue weighted by Gasteiger charge is 1.87. The highest BCUT2D eigenvalue weighted by atomic mass is 79.9. The minimum atomic E-state index is -0.320. The largest absolute Gasteiger partial charge is 0.483 e. The van der Waals surface area contributed by atoms with Crippen LogP contribution in [-0.4, -0.2) is 16.6 Å². The maximum Gasteiger partial charge on any atom is 0.290 e. The highest BCUT2D eigenvalue weighted by molar-refractivity contribution is 9.10. The van der Waals surface area contributed by atoms with Crippen molar-refractivity contribution in [1.82, 2.24) is 4.98 Å². The van der Waals surface area contributed by atoms with Gasteiger partial charge in [-0.3, -0.25) is 9.78 Å². The molecule has 0 saturated carbocycles. The van der Waals surface area contributed by atoms with Crippen LogP contribution in [0.4, 0.5) is 4.39 Å². The SMILES string of the molecule is Fc1cncc(Br)c1.O=CO. The summed E-state index contributed by atoms with van der Waals surface area (Å²) in [5.74, 6) is -0.320. The number of halogens is 2. The Kier molecular flexibility index (Phi) is 5.28. The van der Waals surface area contributed by atoms with Crippen LogP contribution in [0.2, 0.25) is 0 Å². The molecule has 0 spiro atoms. The molecule has 0 amide bonds. The first-order valence-electron chi connectivity index (χ1n) is 2.54. The Morgan fingerprint density at radius 1 is 1.64 bits per heavy atom. The van der Waals surface area contributed by atoms with E-state index in [1.807, 2.05) is 0 Å². The van der Waals surface area contributed by atoms with Gasteiger partial charge in [-0.2, -0.15) is 0 Å². The van der Waals surface area contributed by atoms with Crippen LogP contribution in [0.5, 0.6) is 0 Å². The summed E-state index contributed by atoms with van der Waals surface area (Å²) in [5, 5.41) is 6.89. The van der Waals surface area contributed by atoms with Crippen molar-refractivity contribution in [3.63, 3.8) is 0 Å². The zero-order valence-electron chi connectivity index (χ0n) is 5.37. The second-order valence-corrected chi connectivity index (χ2v) is 2.34. The first-order chi connectivity index (χ1) is 5.20. The summed E-state index contributed by atoms with van der Waals surface area (Å²) in [4.78, 5) is 11.9. The molecule has 3 nitrogen and oxygen atoms in total. The van der Waals surface area contributed by atoms with Crippen molar-refractivity contribution in [2.75, 3.05) is 0 Å². The molecule has 1 aromatic rings. The summed E-state index contributed by atoms with van der Waals surface area (Å²) in [6.07, 6.45) is 2.69. The maximum absolute atomic E-state index is 12.1. The van der Waals surface area contributed by atoms with E-state index in [-0.39, 0.29) is 12.3 Å². The number of pyridine rings is 1. The third-order valence-electron chi connectivity index (χ3n) is 0.672. The molecule has 1 heterocycles. The minimum absolute atomic E-state index is 0.250. The van der Waals surface area contributed by atoms with E-state index >= 15 is 0 Å². The van der Waals surface area contributed by atoms with E-state index < -0.39 is 0 Å². The molecule has 0 atom stereocenters. The van der Waals surface area contributed by atoms with Crippen molar-refractivity contribution >= 4 is 22.4 Å². The topological polar surface area (TPSA) is 50.2 Å². The van der Waals surface area contributed by atoms with Crippen LogP contribution >= 0.6 is 15.9 Å². The van der Waals surface area contributed by atoms with Crippen molar-refractivity contribution in [2.45, 2.75) is 0 Å². The molecule has 1 N–H and O–H groups in total. The molecule has 0 aliphatic heterocycles. The highest BCUT2D eigenvalue weighted by Crippen LogP contribution is 2.06. The lowest BCUT2D eigenvalue weighted by Crippen LogP contribution is -1.74. The summed E-state index contributed by atoms with van der Waals surface area (Å²) >= 11 is 3.06. The van der Waals surface area contributed by atoms with Gasteiger partial charge >= 0.3 is 0 Å². The van der Waals surface area contributed by atoms with Gasteiger partial charge in [0.2, 0.25) is 0 Å². The monoisotopic (exact) mass is 221 g/mol. The van der Waals surface area contributed by atoms with Gasteiger partial charge in [0, 0.05) is 10.7 Å². The number of aromatic nitrogens is 1. The summed E-state index contributed by atoms with van der Waals surface area (Å²) in [6.45, 7) is -0.250. The summed E-state index contributed by atoms with van der Waals surface area (Å²) in [5.41, 5.74) is 0. The van der Waals surface area contributed by atoms with Gasteiger partial charge in [0.05, 0.1) is 6.20 Å². The lowest BCUT2D eigenvalue weighted by Gasteiger charge is -1.85. The first kappa shape index (κ1) is 10.0. The third-order valence-corrected chi connectivity index (χ3v) is 1.11. The Hall–Kier alpha value is -0.970. The minimum Gasteiger partial charge on any atom is -0.483 e. The average molecular weight is 222 g/mol. The van der Waals surface area contributed by atoms with Crippen molar-refractivity contribution in [3.05, 3.63) is 28.7 Å². The van der Waals surface area contributed by atoms with Crippen LogP contribution in [-0.2, 0) is 4.79 Å². The van der Waals surface area contributed by atoms with E-state index in [9.17, 15) is 4.39 Å². The number of carbonyl (C=O) groups is 1. The van der Waals surface area contributed by atoms with Crippen LogP contribution in [0, 0.1) is 5.82 Å². The van der Waals surface area contributed by atoms with E-state index in [1.54, 1.807) is 0 Å². The molecule has 0 unspecified atom stereocenters. The van der Waals surface area contributed by atoms with Gasteiger partial charge in [0.25, 0.3) is 6.47 Å². The quantitative estimate of drug-likeness (QED) is 0.679. The molecule has 1 aromatic heterocycles. The van der Waals surface area contributed by atoms with Gasteiger partial charge in [-0.1, -0.05) is 0 Å². The Bertz CT molecular complexity index is 214. The van der Waals surface area contributed by atoms with E-state index in [1.165, 1.54) is 12.3 Å². The lowest BCUT2D eigenvalue weighted by molar-refractivity contribution is -0.122. The third kappa shape index (κ3) is 5.47. The van der Waals surface area contributed by atoms with Gasteiger partial charge in [-0.15, -0.1) is 0 Å². The second kappa shape index (κ2) is 5.79. The second-order valence-electron chi connectivity index (χ2n) is 1.43. The summed E-state index contributed by atoms with van der Waals surface area (Å²) < 4.78 is 12.7. The van der Waals surface area contributed by atoms with E-state index in [0.717, 1.165) is 6.20 Å². The fourth-order valence-electron chi connectivity index (χ4n) is 0.386. The maximum atomic E-state index is 12.1. The zero-order chi connectivity index (χ0) is 8.69. The zero-order valence-corrected chi connectivity index (χ0v) is 6.95. The van der Waals surface area contributed by atoms with Gasteiger partial charge in [-0.05, 0) is 22.0 Å². The number of carboxylic acid groups (broad SMARTS) is 1. The molecule has 11 heavy (non-hydrogen) atoms. The molecule has 0 aliphatic rings. The van der Waals surface area contributed by atoms with Gasteiger partial charge in [-0.25, -0.2) is 4.39 Å². The first-order valence-corrected chi connectivity index (χ1v) is 3.34. The molecule has 0 radical (unpaired) electrons. The fraction of sp³-hybridized carbons (Fsp3) is 0. The Morgan fingerprint density at radius 3 is 2.45 bits per heavy atom. The number of rotatable bonds is 0. The smallest absolute Gasteiger partial charge is 0.290 e. The predicted octanol–water partition coefficient (Wildman–Crippen LogP) is 1.68. The van der Waals surface area contributed by atoms with Gasteiger partial charge < -0.3 is 5.11 Å². The molecule has 60 valence electrons. The number of hydrogen-bond donors (Lipinski definition) is 1. The van der Waals surface area contributed by atoms with Crippen molar-refractivity contribution in [2.24, 2.45) is 0 Å².